The number of nitro groups is 1. The van der Waals surface area contributed by atoms with Crippen molar-refractivity contribution in [2.75, 3.05) is 32.2 Å². The van der Waals surface area contributed by atoms with Crippen molar-refractivity contribution in [3.8, 4) is 5.75 Å². The highest BCUT2D eigenvalue weighted by Crippen LogP contribution is 2.37. The van der Waals surface area contributed by atoms with Crippen LogP contribution in [0.25, 0.3) is 0 Å². The van der Waals surface area contributed by atoms with E-state index >= 15 is 0 Å². The molecule has 0 amide bonds. The minimum Gasteiger partial charge on any atom is -0.497 e. The highest BCUT2D eigenvalue weighted by Gasteiger charge is 2.32. The van der Waals surface area contributed by atoms with E-state index in [1.807, 2.05) is 0 Å². The Balaban J connectivity index is 2.42. The third-order valence-electron chi connectivity index (χ3n) is 3.97. The van der Waals surface area contributed by atoms with E-state index in [0.717, 1.165) is 12.5 Å². The fourth-order valence-corrected chi connectivity index (χ4v) is 2.66. The summed E-state index contributed by atoms with van der Waals surface area (Å²) in [5.74, 6) is -0.261. The second kappa shape index (κ2) is 6.26. The van der Waals surface area contributed by atoms with Gasteiger partial charge in [-0.1, -0.05) is 6.92 Å². The number of methoxy groups -OCH3 is 2. The Morgan fingerprint density at radius 2 is 2.14 bits per heavy atom. The van der Waals surface area contributed by atoms with Gasteiger partial charge in [0, 0.05) is 32.3 Å². The maximum atomic E-state index is 14.0. The lowest BCUT2D eigenvalue weighted by Gasteiger charge is -2.37. The van der Waals surface area contributed by atoms with Crippen LogP contribution in [0.2, 0.25) is 0 Å². The van der Waals surface area contributed by atoms with E-state index in [9.17, 15) is 14.5 Å². The van der Waals surface area contributed by atoms with Crippen LogP contribution in [-0.2, 0) is 4.74 Å². The number of nitrogens with zero attached hydrogens (tertiary/aromatic N) is 2. The van der Waals surface area contributed by atoms with Crippen LogP contribution >= 0.6 is 0 Å². The van der Waals surface area contributed by atoms with Crippen molar-refractivity contribution < 1.29 is 18.8 Å². The Hall–Kier alpha value is -1.89. The number of hydrogen-bond acceptors (Lipinski definition) is 5. The number of ether oxygens (including phenoxy) is 2. The van der Waals surface area contributed by atoms with E-state index in [0.29, 0.717) is 19.0 Å². The number of rotatable bonds is 4. The Morgan fingerprint density at radius 1 is 1.43 bits per heavy atom. The monoisotopic (exact) mass is 298 g/mol. The molecule has 1 aliphatic rings. The van der Waals surface area contributed by atoms with Crippen LogP contribution < -0.4 is 9.64 Å². The van der Waals surface area contributed by atoms with Gasteiger partial charge in [-0.3, -0.25) is 10.1 Å². The molecule has 2 rings (SSSR count). The lowest BCUT2D eigenvalue weighted by atomic mass is 9.95. The van der Waals surface area contributed by atoms with E-state index in [2.05, 4.69) is 6.92 Å². The largest absolute Gasteiger partial charge is 0.497 e. The molecule has 0 aromatic heterocycles. The van der Waals surface area contributed by atoms with Crippen molar-refractivity contribution in [3.63, 3.8) is 0 Å². The molecule has 0 saturated carbocycles. The molecule has 116 valence electrons. The van der Waals surface area contributed by atoms with Gasteiger partial charge < -0.3 is 14.4 Å². The summed E-state index contributed by atoms with van der Waals surface area (Å²) in [6.07, 6.45) is 0.793. The zero-order valence-electron chi connectivity index (χ0n) is 12.3. The van der Waals surface area contributed by atoms with Gasteiger partial charge in [0.25, 0.3) is 0 Å². The van der Waals surface area contributed by atoms with Gasteiger partial charge in [-0.25, -0.2) is 0 Å². The van der Waals surface area contributed by atoms with Crippen LogP contribution in [-0.4, -0.2) is 38.3 Å². The molecule has 0 radical (unpaired) electrons. The van der Waals surface area contributed by atoms with Crippen LogP contribution in [0.1, 0.15) is 13.3 Å². The van der Waals surface area contributed by atoms with E-state index in [4.69, 9.17) is 9.47 Å². The zero-order chi connectivity index (χ0) is 15.6. The zero-order valence-corrected chi connectivity index (χ0v) is 12.3. The number of halogens is 1. The van der Waals surface area contributed by atoms with Crippen LogP contribution in [0.5, 0.6) is 5.75 Å². The van der Waals surface area contributed by atoms with Gasteiger partial charge in [-0.05, 0) is 12.3 Å². The topological polar surface area (TPSA) is 64.8 Å². The smallest absolute Gasteiger partial charge is 0.328 e. The van der Waals surface area contributed by atoms with E-state index in [1.54, 1.807) is 12.0 Å². The Morgan fingerprint density at radius 3 is 2.71 bits per heavy atom. The molecule has 0 spiro atoms. The average molecular weight is 298 g/mol. The van der Waals surface area contributed by atoms with Gasteiger partial charge in [0.05, 0.1) is 18.1 Å². The standard InChI is InChI=1S/C14H19FN2O4/c1-9-4-5-16(8-13(9)21-3)12-7-10(20-2)6-11(15)14(12)17(18)19/h6-7,9,13H,4-5,8H2,1-3H3. The van der Waals surface area contributed by atoms with Gasteiger partial charge in [0.2, 0.25) is 5.82 Å². The van der Waals surface area contributed by atoms with Gasteiger partial charge in [0.1, 0.15) is 11.4 Å². The first-order chi connectivity index (χ1) is 9.97. The predicted octanol–water partition coefficient (Wildman–Crippen LogP) is 2.60. The first kappa shape index (κ1) is 15.5. The molecule has 2 unspecified atom stereocenters. The van der Waals surface area contributed by atoms with E-state index in [-0.39, 0.29) is 17.5 Å². The van der Waals surface area contributed by atoms with Crippen LogP contribution in [0.3, 0.4) is 0 Å². The molecule has 6 nitrogen and oxygen atoms in total. The number of benzene rings is 1. The summed E-state index contributed by atoms with van der Waals surface area (Å²) in [5, 5.41) is 11.2. The van der Waals surface area contributed by atoms with Crippen LogP contribution in [0.4, 0.5) is 15.8 Å². The Bertz CT molecular complexity index is 538. The minimum absolute atomic E-state index is 0.0346. The minimum atomic E-state index is -0.887. The highest BCUT2D eigenvalue weighted by atomic mass is 19.1. The number of piperidine rings is 1. The van der Waals surface area contributed by atoms with Gasteiger partial charge in [-0.15, -0.1) is 0 Å². The van der Waals surface area contributed by atoms with Gasteiger partial charge in [-0.2, -0.15) is 4.39 Å². The number of nitro benzene ring substituents is 1. The SMILES string of the molecule is COc1cc(F)c([N+](=O)[O-])c(N2CCC(C)C(OC)C2)c1. The molecule has 1 heterocycles. The molecular weight excluding hydrogens is 279 g/mol. The Labute approximate surface area is 122 Å². The normalized spacial score (nSPS) is 22.2. The van der Waals surface area contributed by atoms with Crippen LogP contribution in [0.15, 0.2) is 12.1 Å². The third-order valence-corrected chi connectivity index (χ3v) is 3.97. The maximum absolute atomic E-state index is 14.0. The third kappa shape index (κ3) is 3.07. The second-order valence-corrected chi connectivity index (χ2v) is 5.22. The fraction of sp³-hybridized carbons (Fsp3) is 0.571. The molecule has 21 heavy (non-hydrogen) atoms. The lowest BCUT2D eigenvalue weighted by Crippen LogP contribution is -2.44. The summed E-state index contributed by atoms with van der Waals surface area (Å²) in [7, 11) is 3.02. The first-order valence-electron chi connectivity index (χ1n) is 6.77. The van der Waals surface area contributed by atoms with Gasteiger partial charge >= 0.3 is 5.69 Å². The molecule has 1 aliphatic heterocycles. The summed E-state index contributed by atoms with van der Waals surface area (Å²) in [5.41, 5.74) is -0.272. The second-order valence-electron chi connectivity index (χ2n) is 5.22. The molecule has 0 aliphatic carbocycles. The number of anilines is 1. The molecule has 0 N–H and O–H groups in total. The molecule has 1 aromatic rings. The van der Waals surface area contributed by atoms with Crippen molar-refractivity contribution in [1.29, 1.82) is 0 Å². The maximum Gasteiger partial charge on any atom is 0.328 e. The lowest BCUT2D eigenvalue weighted by molar-refractivity contribution is -0.386. The van der Waals surface area contributed by atoms with Gasteiger partial charge in [0.15, 0.2) is 0 Å². The molecule has 1 aromatic carbocycles. The fourth-order valence-electron chi connectivity index (χ4n) is 2.66. The summed E-state index contributed by atoms with van der Waals surface area (Å²) < 4.78 is 24.4. The van der Waals surface area contributed by atoms with Crippen molar-refractivity contribution >= 4 is 11.4 Å². The molecule has 0 bridgehead atoms. The summed E-state index contributed by atoms with van der Waals surface area (Å²) >= 11 is 0. The van der Waals surface area contributed by atoms with E-state index in [1.165, 1.54) is 13.2 Å². The summed E-state index contributed by atoms with van der Waals surface area (Å²) in [6, 6.07) is 2.53. The highest BCUT2D eigenvalue weighted by molar-refractivity contribution is 5.67. The summed E-state index contributed by atoms with van der Waals surface area (Å²) in [4.78, 5) is 12.3. The quantitative estimate of drug-likeness (QED) is 0.631. The Kier molecular flexibility index (Phi) is 4.62. The predicted molar refractivity (Wildman–Crippen MR) is 76.4 cm³/mol. The van der Waals surface area contributed by atoms with Crippen molar-refractivity contribution in [1.82, 2.24) is 0 Å². The summed E-state index contributed by atoms with van der Waals surface area (Å²) in [6.45, 7) is 3.19. The molecule has 2 atom stereocenters. The molecule has 7 heteroatoms. The first-order valence-corrected chi connectivity index (χ1v) is 6.77. The molecule has 1 saturated heterocycles. The van der Waals surface area contributed by atoms with Crippen molar-refractivity contribution in [2.45, 2.75) is 19.4 Å². The van der Waals surface area contributed by atoms with Crippen LogP contribution in [0, 0.1) is 21.8 Å². The van der Waals surface area contributed by atoms with E-state index < -0.39 is 16.4 Å². The average Bonchev–Trinajstić information content (AvgIpc) is 2.46. The molecule has 1 fully saturated rings. The number of hydrogen-bond donors (Lipinski definition) is 0. The van der Waals surface area contributed by atoms with Crippen molar-refractivity contribution in [3.05, 3.63) is 28.1 Å². The van der Waals surface area contributed by atoms with Crippen molar-refractivity contribution in [2.24, 2.45) is 5.92 Å². The molecular formula is C14H19FN2O4.